The molecule has 0 amide bonds. The largest absolute Gasteiger partial charge is 0.338 e. The Morgan fingerprint density at radius 3 is 2.89 bits per heavy atom. The molecule has 50 valence electrons. The third-order valence-corrected chi connectivity index (χ3v) is 0.856. The lowest BCUT2D eigenvalue weighted by molar-refractivity contribution is 0.426. The first kappa shape index (κ1) is 6.07. The summed E-state index contributed by atoms with van der Waals surface area (Å²) in [6, 6.07) is 0.495. The maximum atomic E-state index is 4.73. The Morgan fingerprint density at radius 2 is 2.44 bits per heavy atom. The van der Waals surface area contributed by atoms with Gasteiger partial charge in [-0.2, -0.15) is 4.98 Å². The van der Waals surface area contributed by atoms with Gasteiger partial charge in [0.25, 0.3) is 0 Å². The molecule has 0 aliphatic rings. The Morgan fingerprint density at radius 1 is 1.67 bits per heavy atom. The lowest BCUT2D eigenvalue weighted by Gasteiger charge is -1.88. The van der Waals surface area contributed by atoms with Crippen molar-refractivity contribution in [2.75, 3.05) is 11.9 Å². The minimum absolute atomic E-state index is 0.495. The third-order valence-electron chi connectivity index (χ3n) is 0.856. The predicted molar refractivity (Wildman–Crippen MR) is 33.2 cm³/mol. The third kappa shape index (κ3) is 1.42. The highest BCUT2D eigenvalue weighted by atomic mass is 16.5. The van der Waals surface area contributed by atoms with Crippen molar-refractivity contribution in [2.24, 2.45) is 0 Å². The van der Waals surface area contributed by atoms with Gasteiger partial charge in [-0.15, -0.1) is 0 Å². The van der Waals surface area contributed by atoms with Crippen molar-refractivity contribution in [1.29, 1.82) is 0 Å². The monoisotopic (exact) mass is 127 g/mol. The number of aryl methyl sites for hydroxylation is 1. The molecule has 4 nitrogen and oxygen atoms in total. The van der Waals surface area contributed by atoms with Gasteiger partial charge in [0.2, 0.25) is 0 Å². The molecule has 1 heterocycles. The molecule has 0 saturated heterocycles. The lowest BCUT2D eigenvalue weighted by atomic mass is 10.7. The van der Waals surface area contributed by atoms with Crippen LogP contribution in [0.2, 0.25) is 0 Å². The van der Waals surface area contributed by atoms with E-state index in [-0.39, 0.29) is 0 Å². The molecule has 0 atom stereocenters. The number of nitrogens with zero attached hydrogens (tertiary/aromatic N) is 2. The summed E-state index contributed by atoms with van der Waals surface area (Å²) in [5.41, 5.74) is 0. The van der Waals surface area contributed by atoms with Gasteiger partial charge in [0, 0.05) is 6.54 Å². The standard InChI is InChI=1S/C5H9N3O/c1-3-6-5-7-4(2)8-9-5/h3H2,1-2H3,(H,6,7,8). The van der Waals surface area contributed by atoms with Crippen LogP contribution in [-0.4, -0.2) is 16.7 Å². The van der Waals surface area contributed by atoms with Gasteiger partial charge in [0.15, 0.2) is 5.82 Å². The highest BCUT2D eigenvalue weighted by Crippen LogP contribution is 1.99. The zero-order valence-electron chi connectivity index (χ0n) is 5.51. The first-order valence-corrected chi connectivity index (χ1v) is 2.87. The summed E-state index contributed by atoms with van der Waals surface area (Å²) in [7, 11) is 0. The van der Waals surface area contributed by atoms with Crippen molar-refractivity contribution in [1.82, 2.24) is 10.1 Å². The molecule has 0 bridgehead atoms. The van der Waals surface area contributed by atoms with Gasteiger partial charge in [-0.1, -0.05) is 5.16 Å². The van der Waals surface area contributed by atoms with E-state index in [1.807, 2.05) is 6.92 Å². The van der Waals surface area contributed by atoms with E-state index in [9.17, 15) is 0 Å². The summed E-state index contributed by atoms with van der Waals surface area (Å²) < 4.78 is 4.73. The van der Waals surface area contributed by atoms with Gasteiger partial charge >= 0.3 is 6.01 Å². The first-order chi connectivity index (χ1) is 4.33. The number of hydrogen-bond acceptors (Lipinski definition) is 4. The quantitative estimate of drug-likeness (QED) is 0.638. The van der Waals surface area contributed by atoms with E-state index < -0.39 is 0 Å². The van der Waals surface area contributed by atoms with Crippen LogP contribution in [0.4, 0.5) is 6.01 Å². The van der Waals surface area contributed by atoms with E-state index >= 15 is 0 Å². The zero-order valence-corrected chi connectivity index (χ0v) is 5.51. The van der Waals surface area contributed by atoms with Crippen molar-refractivity contribution in [3.63, 3.8) is 0 Å². The minimum atomic E-state index is 0.495. The molecule has 1 aromatic heterocycles. The number of nitrogens with one attached hydrogen (secondary N) is 1. The van der Waals surface area contributed by atoms with E-state index in [1.54, 1.807) is 6.92 Å². The molecule has 1 aromatic rings. The maximum Gasteiger partial charge on any atom is 0.321 e. The molecular weight excluding hydrogens is 118 g/mol. The van der Waals surface area contributed by atoms with E-state index in [0.717, 1.165) is 6.54 Å². The highest BCUT2D eigenvalue weighted by molar-refractivity contribution is 5.16. The predicted octanol–water partition coefficient (Wildman–Crippen LogP) is 0.810. The maximum absolute atomic E-state index is 4.73. The Balaban J connectivity index is 2.61. The van der Waals surface area contributed by atoms with Crippen molar-refractivity contribution in [3.05, 3.63) is 5.82 Å². The second kappa shape index (κ2) is 2.48. The zero-order chi connectivity index (χ0) is 6.69. The smallest absolute Gasteiger partial charge is 0.321 e. The molecule has 0 aliphatic carbocycles. The number of hydrogen-bond donors (Lipinski definition) is 1. The molecular formula is C5H9N3O. The van der Waals surface area contributed by atoms with Crippen LogP contribution in [0, 0.1) is 6.92 Å². The van der Waals surface area contributed by atoms with Crippen molar-refractivity contribution in [3.8, 4) is 0 Å². The van der Waals surface area contributed by atoms with Gasteiger partial charge < -0.3 is 9.84 Å². The summed E-state index contributed by atoms with van der Waals surface area (Å²) in [6.45, 7) is 4.56. The Labute approximate surface area is 53.3 Å². The number of rotatable bonds is 2. The second-order valence-electron chi connectivity index (χ2n) is 1.68. The molecule has 0 fully saturated rings. The Hall–Kier alpha value is -1.06. The van der Waals surface area contributed by atoms with E-state index in [4.69, 9.17) is 4.52 Å². The Bertz CT molecular complexity index is 184. The average molecular weight is 127 g/mol. The second-order valence-corrected chi connectivity index (χ2v) is 1.68. The molecule has 0 aromatic carbocycles. The van der Waals surface area contributed by atoms with Gasteiger partial charge in [-0.3, -0.25) is 0 Å². The fourth-order valence-corrected chi connectivity index (χ4v) is 0.520. The summed E-state index contributed by atoms with van der Waals surface area (Å²) in [5.74, 6) is 0.658. The normalized spacial score (nSPS) is 9.56. The van der Waals surface area contributed by atoms with E-state index in [0.29, 0.717) is 11.8 Å². The molecule has 0 saturated carbocycles. The van der Waals surface area contributed by atoms with Crippen LogP contribution in [0.5, 0.6) is 0 Å². The summed E-state index contributed by atoms with van der Waals surface area (Å²) >= 11 is 0. The molecule has 0 spiro atoms. The van der Waals surface area contributed by atoms with Crippen molar-refractivity contribution >= 4 is 6.01 Å². The van der Waals surface area contributed by atoms with Crippen molar-refractivity contribution < 1.29 is 4.52 Å². The van der Waals surface area contributed by atoms with Gasteiger partial charge in [-0.05, 0) is 13.8 Å². The molecule has 0 aliphatic heterocycles. The summed E-state index contributed by atoms with van der Waals surface area (Å²) in [6.07, 6.45) is 0. The van der Waals surface area contributed by atoms with Crippen LogP contribution in [0.3, 0.4) is 0 Å². The fourth-order valence-electron chi connectivity index (χ4n) is 0.520. The molecule has 0 radical (unpaired) electrons. The topological polar surface area (TPSA) is 51.0 Å². The van der Waals surface area contributed by atoms with Gasteiger partial charge in [-0.25, -0.2) is 0 Å². The first-order valence-electron chi connectivity index (χ1n) is 2.87. The summed E-state index contributed by atoms with van der Waals surface area (Å²) in [4.78, 5) is 3.91. The van der Waals surface area contributed by atoms with E-state index in [2.05, 4.69) is 15.5 Å². The molecule has 1 N–H and O–H groups in total. The molecule has 9 heavy (non-hydrogen) atoms. The minimum Gasteiger partial charge on any atom is -0.338 e. The molecule has 1 rings (SSSR count). The van der Waals surface area contributed by atoms with Crippen LogP contribution in [0.25, 0.3) is 0 Å². The average Bonchev–Trinajstić information content (AvgIpc) is 2.17. The molecule has 0 unspecified atom stereocenters. The fraction of sp³-hybridized carbons (Fsp3) is 0.600. The van der Waals surface area contributed by atoms with Gasteiger partial charge in [0.05, 0.1) is 0 Å². The van der Waals surface area contributed by atoms with Crippen molar-refractivity contribution in [2.45, 2.75) is 13.8 Å². The lowest BCUT2D eigenvalue weighted by Crippen LogP contribution is -1.95. The van der Waals surface area contributed by atoms with Gasteiger partial charge in [0.1, 0.15) is 0 Å². The van der Waals surface area contributed by atoms with Crippen LogP contribution in [0.15, 0.2) is 4.52 Å². The van der Waals surface area contributed by atoms with Crippen LogP contribution in [-0.2, 0) is 0 Å². The number of aromatic nitrogens is 2. The van der Waals surface area contributed by atoms with Crippen LogP contribution >= 0.6 is 0 Å². The van der Waals surface area contributed by atoms with Crippen LogP contribution in [0.1, 0.15) is 12.7 Å². The highest BCUT2D eigenvalue weighted by Gasteiger charge is 1.96. The Kier molecular flexibility index (Phi) is 1.67. The SMILES string of the molecule is CCNc1nc(C)no1. The number of anilines is 1. The van der Waals surface area contributed by atoms with E-state index in [1.165, 1.54) is 0 Å². The summed E-state index contributed by atoms with van der Waals surface area (Å²) in [5, 5.41) is 6.47. The molecule has 4 heteroatoms. The van der Waals surface area contributed by atoms with Crippen LogP contribution < -0.4 is 5.32 Å².